The summed E-state index contributed by atoms with van der Waals surface area (Å²) in [6.45, 7) is 4.12. The summed E-state index contributed by atoms with van der Waals surface area (Å²) in [5.74, 6) is 0.876. The van der Waals surface area contributed by atoms with Crippen LogP contribution in [0.4, 0.5) is 0 Å². The van der Waals surface area contributed by atoms with E-state index in [0.29, 0.717) is 0 Å². The standard InChI is InChI=1S/C13H18N2O/c1-8(14)6-12-9(2)15-13-7-10(16-3)4-5-11(12)13/h4-5,7-8,15H,6,14H2,1-3H3. The van der Waals surface area contributed by atoms with Gasteiger partial charge in [0.15, 0.2) is 0 Å². The van der Waals surface area contributed by atoms with Crippen molar-refractivity contribution in [1.29, 1.82) is 0 Å². The highest BCUT2D eigenvalue weighted by Gasteiger charge is 2.10. The Morgan fingerprint density at radius 3 is 2.81 bits per heavy atom. The molecule has 0 bridgehead atoms. The molecule has 1 aromatic carbocycles. The summed E-state index contributed by atoms with van der Waals surface area (Å²) in [5, 5.41) is 1.25. The van der Waals surface area contributed by atoms with E-state index < -0.39 is 0 Å². The quantitative estimate of drug-likeness (QED) is 0.831. The highest BCUT2D eigenvalue weighted by molar-refractivity contribution is 5.85. The fraction of sp³-hybridized carbons (Fsp3) is 0.385. The van der Waals surface area contributed by atoms with Gasteiger partial charge in [-0.3, -0.25) is 0 Å². The number of aromatic amines is 1. The van der Waals surface area contributed by atoms with Crippen LogP contribution >= 0.6 is 0 Å². The maximum atomic E-state index is 5.86. The number of H-pyrrole nitrogens is 1. The first kappa shape index (κ1) is 11.0. The Labute approximate surface area is 95.6 Å². The van der Waals surface area contributed by atoms with E-state index in [-0.39, 0.29) is 6.04 Å². The van der Waals surface area contributed by atoms with E-state index >= 15 is 0 Å². The molecule has 2 rings (SSSR count). The zero-order valence-electron chi connectivity index (χ0n) is 10.0. The molecule has 0 radical (unpaired) electrons. The number of aromatic nitrogens is 1. The van der Waals surface area contributed by atoms with E-state index in [1.54, 1.807) is 7.11 Å². The van der Waals surface area contributed by atoms with Crippen LogP contribution in [0.1, 0.15) is 18.2 Å². The second-order valence-electron chi connectivity index (χ2n) is 4.32. The number of rotatable bonds is 3. The molecule has 16 heavy (non-hydrogen) atoms. The third-order valence-electron chi connectivity index (χ3n) is 2.85. The zero-order chi connectivity index (χ0) is 11.7. The summed E-state index contributed by atoms with van der Waals surface area (Å²) in [6.07, 6.45) is 0.901. The van der Waals surface area contributed by atoms with Gasteiger partial charge in [-0.2, -0.15) is 0 Å². The van der Waals surface area contributed by atoms with Crippen LogP contribution in [0.2, 0.25) is 0 Å². The fourth-order valence-electron chi connectivity index (χ4n) is 2.08. The Kier molecular flexibility index (Phi) is 2.88. The van der Waals surface area contributed by atoms with E-state index in [4.69, 9.17) is 10.5 Å². The number of methoxy groups -OCH3 is 1. The summed E-state index contributed by atoms with van der Waals surface area (Å²) in [5.41, 5.74) is 9.49. The van der Waals surface area contributed by atoms with Crippen molar-refractivity contribution < 1.29 is 4.74 Å². The molecule has 0 amide bonds. The van der Waals surface area contributed by atoms with Gasteiger partial charge in [0.05, 0.1) is 7.11 Å². The third kappa shape index (κ3) is 1.91. The maximum absolute atomic E-state index is 5.86. The van der Waals surface area contributed by atoms with Crippen molar-refractivity contribution in [1.82, 2.24) is 4.98 Å². The number of hydrogen-bond donors (Lipinski definition) is 2. The van der Waals surface area contributed by atoms with Crippen LogP contribution in [-0.2, 0) is 6.42 Å². The normalized spacial score (nSPS) is 13.0. The van der Waals surface area contributed by atoms with Crippen LogP contribution in [0.5, 0.6) is 5.75 Å². The largest absolute Gasteiger partial charge is 0.497 e. The Morgan fingerprint density at radius 2 is 2.19 bits per heavy atom. The minimum absolute atomic E-state index is 0.180. The molecule has 1 aromatic heterocycles. The molecule has 0 fully saturated rings. The van der Waals surface area contributed by atoms with Crippen LogP contribution in [0.15, 0.2) is 18.2 Å². The van der Waals surface area contributed by atoms with Crippen LogP contribution in [-0.4, -0.2) is 18.1 Å². The maximum Gasteiger partial charge on any atom is 0.120 e. The summed E-state index contributed by atoms with van der Waals surface area (Å²) < 4.78 is 5.21. The number of nitrogens with two attached hydrogens (primary N) is 1. The molecule has 1 unspecified atom stereocenters. The van der Waals surface area contributed by atoms with Crippen molar-refractivity contribution in [3.05, 3.63) is 29.5 Å². The Bertz CT molecular complexity index is 500. The van der Waals surface area contributed by atoms with Gasteiger partial charge in [-0.25, -0.2) is 0 Å². The molecular formula is C13H18N2O. The first-order valence-corrected chi connectivity index (χ1v) is 5.52. The minimum atomic E-state index is 0.180. The highest BCUT2D eigenvalue weighted by Crippen LogP contribution is 2.26. The third-order valence-corrected chi connectivity index (χ3v) is 2.85. The average Bonchev–Trinajstić information content (AvgIpc) is 2.54. The molecular weight excluding hydrogens is 200 g/mol. The van der Waals surface area contributed by atoms with Crippen molar-refractivity contribution in [2.75, 3.05) is 7.11 Å². The Hall–Kier alpha value is -1.48. The lowest BCUT2D eigenvalue weighted by molar-refractivity contribution is 0.415. The Balaban J connectivity index is 2.53. The van der Waals surface area contributed by atoms with Crippen molar-refractivity contribution in [3.63, 3.8) is 0 Å². The monoisotopic (exact) mass is 218 g/mol. The lowest BCUT2D eigenvalue weighted by Crippen LogP contribution is -2.18. The van der Waals surface area contributed by atoms with Gasteiger partial charge in [0.2, 0.25) is 0 Å². The SMILES string of the molecule is COc1ccc2c(CC(C)N)c(C)[nH]c2c1. The molecule has 3 N–H and O–H groups in total. The van der Waals surface area contributed by atoms with Gasteiger partial charge >= 0.3 is 0 Å². The molecule has 0 aliphatic carbocycles. The van der Waals surface area contributed by atoms with Crippen molar-refractivity contribution in [2.24, 2.45) is 5.73 Å². The molecule has 0 spiro atoms. The van der Waals surface area contributed by atoms with Crippen LogP contribution < -0.4 is 10.5 Å². The second kappa shape index (κ2) is 4.18. The summed E-state index contributed by atoms with van der Waals surface area (Å²) >= 11 is 0. The van der Waals surface area contributed by atoms with Gasteiger partial charge in [0.1, 0.15) is 5.75 Å². The molecule has 0 saturated carbocycles. The molecule has 3 nitrogen and oxygen atoms in total. The summed E-state index contributed by atoms with van der Waals surface area (Å²) in [6, 6.07) is 6.28. The van der Waals surface area contributed by atoms with Crippen LogP contribution in [0, 0.1) is 6.92 Å². The topological polar surface area (TPSA) is 51.0 Å². The smallest absolute Gasteiger partial charge is 0.120 e. The molecule has 0 aliphatic rings. The summed E-state index contributed by atoms with van der Waals surface area (Å²) in [7, 11) is 1.68. The molecule has 2 aromatic rings. The molecule has 0 aliphatic heterocycles. The highest BCUT2D eigenvalue weighted by atomic mass is 16.5. The molecule has 1 heterocycles. The van der Waals surface area contributed by atoms with Crippen LogP contribution in [0.3, 0.4) is 0 Å². The number of benzene rings is 1. The number of aryl methyl sites for hydroxylation is 1. The van der Waals surface area contributed by atoms with Gasteiger partial charge in [0, 0.05) is 28.7 Å². The van der Waals surface area contributed by atoms with Crippen molar-refractivity contribution >= 4 is 10.9 Å². The van der Waals surface area contributed by atoms with E-state index in [1.165, 1.54) is 16.6 Å². The predicted octanol–water partition coefficient (Wildman–Crippen LogP) is 2.37. The molecule has 86 valence electrons. The molecule has 3 heteroatoms. The van der Waals surface area contributed by atoms with E-state index in [2.05, 4.69) is 18.0 Å². The van der Waals surface area contributed by atoms with E-state index in [0.717, 1.165) is 17.7 Å². The van der Waals surface area contributed by atoms with Gasteiger partial charge in [-0.1, -0.05) is 0 Å². The lowest BCUT2D eigenvalue weighted by atomic mass is 10.0. The van der Waals surface area contributed by atoms with Gasteiger partial charge in [-0.15, -0.1) is 0 Å². The Morgan fingerprint density at radius 1 is 1.44 bits per heavy atom. The van der Waals surface area contributed by atoms with Crippen molar-refractivity contribution in [2.45, 2.75) is 26.3 Å². The van der Waals surface area contributed by atoms with Crippen molar-refractivity contribution in [3.8, 4) is 5.75 Å². The first-order chi connectivity index (χ1) is 7.61. The first-order valence-electron chi connectivity index (χ1n) is 5.52. The minimum Gasteiger partial charge on any atom is -0.497 e. The second-order valence-corrected chi connectivity index (χ2v) is 4.32. The number of hydrogen-bond acceptors (Lipinski definition) is 2. The lowest BCUT2D eigenvalue weighted by Gasteiger charge is -2.05. The summed E-state index contributed by atoms with van der Waals surface area (Å²) in [4.78, 5) is 3.37. The van der Waals surface area contributed by atoms with Gasteiger partial charge in [0.25, 0.3) is 0 Å². The average molecular weight is 218 g/mol. The zero-order valence-corrected chi connectivity index (χ0v) is 10.0. The fourth-order valence-corrected chi connectivity index (χ4v) is 2.08. The number of nitrogens with one attached hydrogen (secondary N) is 1. The van der Waals surface area contributed by atoms with Crippen LogP contribution in [0.25, 0.3) is 10.9 Å². The number of fused-ring (bicyclic) bond motifs is 1. The number of ether oxygens (including phenoxy) is 1. The van der Waals surface area contributed by atoms with Gasteiger partial charge in [-0.05, 0) is 38.0 Å². The predicted molar refractivity (Wildman–Crippen MR) is 66.9 cm³/mol. The van der Waals surface area contributed by atoms with E-state index in [1.807, 2.05) is 19.1 Å². The molecule has 0 saturated heterocycles. The van der Waals surface area contributed by atoms with Gasteiger partial charge < -0.3 is 15.5 Å². The molecule has 1 atom stereocenters. The van der Waals surface area contributed by atoms with E-state index in [9.17, 15) is 0 Å².